The Morgan fingerprint density at radius 3 is 2.44 bits per heavy atom. The SMILES string of the molecule is Cc1ccc(C(C)S)o1. The Morgan fingerprint density at radius 1 is 1.56 bits per heavy atom. The predicted octanol–water partition coefficient (Wildman–Crippen LogP) is 2.58. The van der Waals surface area contributed by atoms with E-state index in [1.807, 2.05) is 26.0 Å². The molecule has 1 nitrogen and oxygen atoms in total. The summed E-state index contributed by atoms with van der Waals surface area (Å²) in [5.74, 6) is 1.89. The first-order valence-electron chi connectivity index (χ1n) is 2.94. The molecule has 9 heavy (non-hydrogen) atoms. The summed E-state index contributed by atoms with van der Waals surface area (Å²) in [5.41, 5.74) is 0. The van der Waals surface area contributed by atoms with Gasteiger partial charge < -0.3 is 4.42 Å². The second-order valence-electron chi connectivity index (χ2n) is 2.12. The second-order valence-corrected chi connectivity index (χ2v) is 2.90. The van der Waals surface area contributed by atoms with Gasteiger partial charge in [-0.2, -0.15) is 12.6 Å². The lowest BCUT2D eigenvalue weighted by Crippen LogP contribution is -1.76. The first kappa shape index (κ1) is 6.75. The van der Waals surface area contributed by atoms with Crippen molar-refractivity contribution in [3.8, 4) is 0 Å². The van der Waals surface area contributed by atoms with Crippen LogP contribution >= 0.6 is 12.6 Å². The largest absolute Gasteiger partial charge is 0.465 e. The molecule has 2 heteroatoms. The van der Waals surface area contributed by atoms with Gasteiger partial charge in [-0.1, -0.05) is 0 Å². The molecule has 0 bridgehead atoms. The molecule has 0 aliphatic carbocycles. The molecule has 0 aliphatic rings. The normalized spacial score (nSPS) is 13.7. The van der Waals surface area contributed by atoms with Gasteiger partial charge in [0.1, 0.15) is 11.5 Å². The molecule has 1 heterocycles. The zero-order valence-corrected chi connectivity index (χ0v) is 6.48. The number of furan rings is 1. The fraction of sp³-hybridized carbons (Fsp3) is 0.429. The van der Waals surface area contributed by atoms with Crippen LogP contribution in [-0.4, -0.2) is 0 Å². The van der Waals surface area contributed by atoms with Gasteiger partial charge in [0.25, 0.3) is 0 Å². The lowest BCUT2D eigenvalue weighted by Gasteiger charge is -1.95. The minimum absolute atomic E-state index is 0.207. The summed E-state index contributed by atoms with van der Waals surface area (Å²) < 4.78 is 5.27. The van der Waals surface area contributed by atoms with Crippen LogP contribution in [0.2, 0.25) is 0 Å². The number of hydrogen-bond acceptors (Lipinski definition) is 2. The molecule has 0 saturated heterocycles. The number of rotatable bonds is 1. The number of thiol groups is 1. The minimum Gasteiger partial charge on any atom is -0.465 e. The zero-order valence-electron chi connectivity index (χ0n) is 5.59. The van der Waals surface area contributed by atoms with E-state index in [0.717, 1.165) is 11.5 Å². The van der Waals surface area contributed by atoms with E-state index in [9.17, 15) is 0 Å². The fourth-order valence-corrected chi connectivity index (χ4v) is 0.817. The highest BCUT2D eigenvalue weighted by atomic mass is 32.1. The lowest BCUT2D eigenvalue weighted by atomic mass is 10.3. The third kappa shape index (κ3) is 1.52. The highest BCUT2D eigenvalue weighted by molar-refractivity contribution is 7.80. The molecule has 1 rings (SSSR count). The van der Waals surface area contributed by atoms with Gasteiger partial charge >= 0.3 is 0 Å². The highest BCUT2D eigenvalue weighted by Gasteiger charge is 2.02. The topological polar surface area (TPSA) is 13.1 Å². The van der Waals surface area contributed by atoms with Crippen molar-refractivity contribution in [3.05, 3.63) is 23.7 Å². The van der Waals surface area contributed by atoms with Crippen molar-refractivity contribution < 1.29 is 4.42 Å². The first-order chi connectivity index (χ1) is 4.20. The Balaban J connectivity index is 2.85. The van der Waals surface area contributed by atoms with E-state index in [0.29, 0.717) is 0 Å². The Kier molecular flexibility index (Phi) is 1.86. The van der Waals surface area contributed by atoms with Crippen LogP contribution in [-0.2, 0) is 0 Å². The maximum atomic E-state index is 5.27. The molecule has 0 N–H and O–H groups in total. The number of hydrogen-bond donors (Lipinski definition) is 1. The highest BCUT2D eigenvalue weighted by Crippen LogP contribution is 2.20. The molecule has 1 unspecified atom stereocenters. The standard InChI is InChI=1S/C7H10OS/c1-5-3-4-7(8-5)6(2)9/h3-4,6,9H,1-2H3. The summed E-state index contributed by atoms with van der Waals surface area (Å²) in [6, 6.07) is 3.90. The van der Waals surface area contributed by atoms with Crippen LogP contribution in [0, 0.1) is 6.92 Å². The van der Waals surface area contributed by atoms with Crippen molar-refractivity contribution in [2.75, 3.05) is 0 Å². The van der Waals surface area contributed by atoms with E-state index >= 15 is 0 Å². The van der Waals surface area contributed by atoms with E-state index in [4.69, 9.17) is 4.42 Å². The van der Waals surface area contributed by atoms with Crippen LogP contribution in [0.15, 0.2) is 16.5 Å². The van der Waals surface area contributed by atoms with Crippen LogP contribution in [0.4, 0.5) is 0 Å². The monoisotopic (exact) mass is 142 g/mol. The molecule has 0 fully saturated rings. The van der Waals surface area contributed by atoms with Crippen LogP contribution in [0.1, 0.15) is 23.7 Å². The van der Waals surface area contributed by atoms with Crippen molar-refractivity contribution >= 4 is 12.6 Å². The summed E-state index contributed by atoms with van der Waals surface area (Å²) in [6.45, 7) is 3.92. The predicted molar refractivity (Wildman–Crippen MR) is 40.8 cm³/mol. The van der Waals surface area contributed by atoms with E-state index in [-0.39, 0.29) is 5.25 Å². The maximum absolute atomic E-state index is 5.27. The quantitative estimate of drug-likeness (QED) is 0.595. The average molecular weight is 142 g/mol. The van der Waals surface area contributed by atoms with E-state index in [1.165, 1.54) is 0 Å². The average Bonchev–Trinajstić information content (AvgIpc) is 2.14. The molecule has 1 aromatic heterocycles. The van der Waals surface area contributed by atoms with Crippen molar-refractivity contribution in [3.63, 3.8) is 0 Å². The zero-order chi connectivity index (χ0) is 6.85. The molecular formula is C7H10OS. The van der Waals surface area contributed by atoms with Crippen molar-refractivity contribution in [1.29, 1.82) is 0 Å². The van der Waals surface area contributed by atoms with E-state index in [2.05, 4.69) is 12.6 Å². The molecule has 0 spiro atoms. The Morgan fingerprint density at radius 2 is 2.22 bits per heavy atom. The van der Waals surface area contributed by atoms with Gasteiger partial charge in [-0.05, 0) is 26.0 Å². The second kappa shape index (κ2) is 2.48. The summed E-state index contributed by atoms with van der Waals surface area (Å²) >= 11 is 4.21. The van der Waals surface area contributed by atoms with Gasteiger partial charge in [0.2, 0.25) is 0 Å². The molecule has 0 amide bonds. The van der Waals surface area contributed by atoms with Crippen LogP contribution in [0.3, 0.4) is 0 Å². The molecule has 0 aromatic carbocycles. The summed E-state index contributed by atoms with van der Waals surface area (Å²) in [6.07, 6.45) is 0. The van der Waals surface area contributed by atoms with Crippen LogP contribution < -0.4 is 0 Å². The third-order valence-electron chi connectivity index (χ3n) is 1.17. The molecule has 1 aromatic rings. The smallest absolute Gasteiger partial charge is 0.116 e. The van der Waals surface area contributed by atoms with Crippen molar-refractivity contribution in [1.82, 2.24) is 0 Å². The Bertz CT molecular complexity index is 191. The molecule has 0 saturated carbocycles. The number of aryl methyl sites for hydroxylation is 1. The van der Waals surface area contributed by atoms with Crippen molar-refractivity contribution in [2.45, 2.75) is 19.1 Å². The fourth-order valence-electron chi connectivity index (χ4n) is 0.678. The van der Waals surface area contributed by atoms with E-state index in [1.54, 1.807) is 0 Å². The van der Waals surface area contributed by atoms with Gasteiger partial charge in [-0.25, -0.2) is 0 Å². The third-order valence-corrected chi connectivity index (χ3v) is 1.43. The molecular weight excluding hydrogens is 132 g/mol. The van der Waals surface area contributed by atoms with Gasteiger partial charge in [0.15, 0.2) is 0 Å². The molecule has 0 aliphatic heterocycles. The summed E-state index contributed by atoms with van der Waals surface area (Å²) in [5, 5.41) is 0.207. The Labute approximate surface area is 60.5 Å². The molecule has 0 radical (unpaired) electrons. The Hall–Kier alpha value is -0.370. The van der Waals surface area contributed by atoms with Crippen LogP contribution in [0.25, 0.3) is 0 Å². The van der Waals surface area contributed by atoms with E-state index < -0.39 is 0 Å². The van der Waals surface area contributed by atoms with Crippen molar-refractivity contribution in [2.24, 2.45) is 0 Å². The minimum atomic E-state index is 0.207. The van der Waals surface area contributed by atoms with Gasteiger partial charge in [0, 0.05) is 0 Å². The lowest BCUT2D eigenvalue weighted by molar-refractivity contribution is 0.486. The van der Waals surface area contributed by atoms with Gasteiger partial charge in [0.05, 0.1) is 5.25 Å². The van der Waals surface area contributed by atoms with Gasteiger partial charge in [-0.3, -0.25) is 0 Å². The van der Waals surface area contributed by atoms with Gasteiger partial charge in [-0.15, -0.1) is 0 Å². The maximum Gasteiger partial charge on any atom is 0.116 e. The molecule has 50 valence electrons. The van der Waals surface area contributed by atoms with Crippen LogP contribution in [0.5, 0.6) is 0 Å². The summed E-state index contributed by atoms with van der Waals surface area (Å²) in [4.78, 5) is 0. The molecule has 1 atom stereocenters. The summed E-state index contributed by atoms with van der Waals surface area (Å²) in [7, 11) is 0. The first-order valence-corrected chi connectivity index (χ1v) is 3.46.